The molecule has 346 valence electrons. The van der Waals surface area contributed by atoms with Crippen molar-refractivity contribution >= 4 is 62.9 Å². The zero-order chi connectivity index (χ0) is 47.3. The van der Waals surface area contributed by atoms with Crippen molar-refractivity contribution < 1.29 is 55.5 Å². The number of likely N-dealkylation sites (tertiary alicyclic amines) is 1. The van der Waals surface area contributed by atoms with Crippen LogP contribution in [0.1, 0.15) is 69.4 Å². The van der Waals surface area contributed by atoms with Crippen LogP contribution in [-0.4, -0.2) is 119 Å². The van der Waals surface area contributed by atoms with Crippen LogP contribution in [0.3, 0.4) is 0 Å². The van der Waals surface area contributed by atoms with Gasteiger partial charge in [-0.25, -0.2) is 26.5 Å². The second kappa shape index (κ2) is 23.2. The minimum Gasteiger partial charge on any atom is -0.372 e. The Morgan fingerprint density at radius 2 is 1.69 bits per heavy atom. The molecular weight excluding hydrogens is 882 g/mol. The average molecular weight is 933 g/mol. The maximum Gasteiger partial charge on any atom is 0.295 e. The lowest BCUT2D eigenvalue weighted by molar-refractivity contribution is -0.146. The lowest BCUT2D eigenvalue weighted by Gasteiger charge is -2.34. The SMILES string of the molecule is CC[C@H](C)[C@H](NC(=O)[C@H](CC(C)C)NC(=O)c1cnccn1)C(=O)N1C[C@H](OCc2ccccc2)C[C@H]1C(=O)N(CC(=O)NC(=O)C(=O)[C@@H](N)CC(F)F)S(=O)(=O)c1cccc(Cl)c1. The highest BCUT2D eigenvalue weighted by Gasteiger charge is 2.48. The van der Waals surface area contributed by atoms with Gasteiger partial charge in [0, 0.05) is 36.8 Å². The van der Waals surface area contributed by atoms with E-state index in [-0.39, 0.29) is 46.9 Å². The Balaban J connectivity index is 1.73. The number of carbonyl (C=O) groups excluding carboxylic acids is 7. The number of carbonyl (C=O) groups is 7. The third-order valence-electron chi connectivity index (χ3n) is 10.2. The zero-order valence-electron chi connectivity index (χ0n) is 35.5. The molecule has 0 saturated carbocycles. The monoisotopic (exact) mass is 932 g/mol. The van der Waals surface area contributed by atoms with Gasteiger partial charge >= 0.3 is 0 Å². The second-order valence-electron chi connectivity index (χ2n) is 15.6. The molecule has 1 saturated heterocycles. The number of ketones is 1. The number of Topliss-reactive ketones (excluding diaryl/α,β-unsaturated/α-hetero) is 1. The largest absolute Gasteiger partial charge is 0.372 e. The van der Waals surface area contributed by atoms with Crippen LogP contribution in [0.5, 0.6) is 0 Å². The second-order valence-corrected chi connectivity index (χ2v) is 17.9. The third kappa shape index (κ3) is 13.9. The molecule has 22 heteroatoms. The van der Waals surface area contributed by atoms with E-state index < -0.39 is 112 Å². The van der Waals surface area contributed by atoms with Gasteiger partial charge in [-0.15, -0.1) is 0 Å². The van der Waals surface area contributed by atoms with Gasteiger partial charge in [0.1, 0.15) is 30.4 Å². The fourth-order valence-corrected chi connectivity index (χ4v) is 8.36. The number of nitrogens with two attached hydrogens (primary N) is 1. The molecule has 3 aromatic rings. The van der Waals surface area contributed by atoms with Crippen LogP contribution < -0.4 is 21.7 Å². The minimum absolute atomic E-state index is 0.0130. The highest BCUT2D eigenvalue weighted by atomic mass is 35.5. The van der Waals surface area contributed by atoms with E-state index in [9.17, 15) is 50.8 Å². The van der Waals surface area contributed by atoms with Crippen LogP contribution in [0.15, 0.2) is 78.1 Å². The Labute approximate surface area is 374 Å². The zero-order valence-corrected chi connectivity index (χ0v) is 37.1. The molecule has 1 aliphatic heterocycles. The molecule has 18 nitrogen and oxygen atoms in total. The molecule has 1 aliphatic rings. The number of aromatic nitrogens is 2. The van der Waals surface area contributed by atoms with Gasteiger partial charge < -0.3 is 26.0 Å². The first kappa shape index (κ1) is 50.9. The molecule has 0 unspecified atom stereocenters. The van der Waals surface area contributed by atoms with Crippen molar-refractivity contribution in [3.8, 4) is 0 Å². The standard InChI is InChI=1S/C42H51ClF2N8O10S/c1-5-25(4)36(51-38(56)31(16-24(2)3)49-39(57)32-20-47-14-15-48-32)42(60)52-21-28(63-23-26-10-7-6-8-11-26)18-33(52)41(59)53(64(61,62)29-13-9-12-27(43)17-29)22-35(54)50-40(58)37(55)30(46)19-34(44)45/h6-15,17,20,24-25,28,30-31,33-34,36H,5,16,18-19,21-23,46H2,1-4H3,(H,49,57)(H,51,56)(H,50,54,58)/t25-,28+,30-,31-,33-,36-/m0/s1. The number of halogens is 3. The first-order chi connectivity index (χ1) is 30.2. The molecule has 0 aliphatic carbocycles. The fourth-order valence-electron chi connectivity index (χ4n) is 6.68. The van der Waals surface area contributed by atoms with E-state index in [4.69, 9.17) is 22.1 Å². The van der Waals surface area contributed by atoms with Crippen LogP contribution in [0.25, 0.3) is 0 Å². The molecule has 2 aromatic carbocycles. The molecule has 6 amide bonds. The maximum absolute atomic E-state index is 14.9. The molecule has 0 spiro atoms. The summed E-state index contributed by atoms with van der Waals surface area (Å²) in [5.74, 6) is -9.17. The van der Waals surface area contributed by atoms with Crippen molar-refractivity contribution in [2.75, 3.05) is 13.1 Å². The average Bonchev–Trinajstić information content (AvgIpc) is 3.70. The van der Waals surface area contributed by atoms with Gasteiger partial charge in [0.25, 0.3) is 27.7 Å². The molecule has 5 N–H and O–H groups in total. The summed E-state index contributed by atoms with van der Waals surface area (Å²) in [4.78, 5) is 104. The van der Waals surface area contributed by atoms with Crippen LogP contribution in [-0.2, 0) is 50.1 Å². The van der Waals surface area contributed by atoms with E-state index >= 15 is 0 Å². The van der Waals surface area contributed by atoms with Gasteiger partial charge in [0.2, 0.25) is 29.9 Å². The van der Waals surface area contributed by atoms with Gasteiger partial charge in [-0.3, -0.25) is 43.9 Å². The van der Waals surface area contributed by atoms with Crippen molar-refractivity contribution in [2.24, 2.45) is 17.6 Å². The van der Waals surface area contributed by atoms with Crippen LogP contribution in [0.2, 0.25) is 5.02 Å². The molecule has 4 rings (SSSR count). The van der Waals surface area contributed by atoms with Gasteiger partial charge in [-0.2, -0.15) is 0 Å². The summed E-state index contributed by atoms with van der Waals surface area (Å²) in [6.45, 7) is 5.35. The highest BCUT2D eigenvalue weighted by molar-refractivity contribution is 7.89. The van der Waals surface area contributed by atoms with E-state index in [0.717, 1.165) is 22.6 Å². The van der Waals surface area contributed by atoms with Gasteiger partial charge in [0.15, 0.2) is 0 Å². The lowest BCUT2D eigenvalue weighted by atomic mass is 9.96. The van der Waals surface area contributed by atoms with E-state index in [1.54, 1.807) is 49.5 Å². The number of amides is 6. The van der Waals surface area contributed by atoms with Crippen molar-refractivity contribution in [2.45, 2.75) is 102 Å². The molecular formula is C42H51ClF2N8O10S. The number of nitrogens with zero attached hydrogens (tertiary/aromatic N) is 4. The Hall–Kier alpha value is -5.77. The molecule has 1 fully saturated rings. The number of benzene rings is 2. The lowest BCUT2D eigenvalue weighted by Crippen LogP contribution is -2.59. The molecule has 0 bridgehead atoms. The fraction of sp³-hybridized carbons (Fsp3) is 0.452. The van der Waals surface area contributed by atoms with Crippen molar-refractivity contribution in [3.05, 3.63) is 89.5 Å². The molecule has 1 aromatic heterocycles. The molecule has 2 heterocycles. The van der Waals surface area contributed by atoms with Gasteiger partial charge in [-0.05, 0) is 42.0 Å². The third-order valence-corrected chi connectivity index (χ3v) is 12.2. The van der Waals surface area contributed by atoms with Crippen molar-refractivity contribution in [1.29, 1.82) is 0 Å². The summed E-state index contributed by atoms with van der Waals surface area (Å²) >= 11 is 6.11. The van der Waals surface area contributed by atoms with E-state index in [0.29, 0.717) is 6.42 Å². The van der Waals surface area contributed by atoms with Crippen LogP contribution in [0.4, 0.5) is 8.78 Å². The highest BCUT2D eigenvalue weighted by Crippen LogP contribution is 2.29. The summed E-state index contributed by atoms with van der Waals surface area (Å²) in [5, 5.41) is 6.93. The number of nitrogens with one attached hydrogen (secondary N) is 3. The number of imide groups is 1. The van der Waals surface area contributed by atoms with Crippen molar-refractivity contribution in [3.63, 3.8) is 0 Å². The quantitative estimate of drug-likeness (QED) is 0.112. The molecule has 0 radical (unpaired) electrons. The van der Waals surface area contributed by atoms with Crippen molar-refractivity contribution in [1.82, 2.24) is 35.1 Å². The summed E-state index contributed by atoms with van der Waals surface area (Å²) in [6, 6.07) is 7.33. The van der Waals surface area contributed by atoms with E-state index in [1.165, 1.54) is 30.7 Å². The number of hydrogen-bond acceptors (Lipinski definition) is 13. The van der Waals surface area contributed by atoms with Gasteiger partial charge in [0.05, 0.1) is 29.8 Å². The predicted molar refractivity (Wildman–Crippen MR) is 226 cm³/mol. The van der Waals surface area contributed by atoms with E-state index in [1.807, 2.05) is 13.8 Å². The topological polar surface area (TPSA) is 257 Å². The van der Waals surface area contributed by atoms with Gasteiger partial charge in [-0.1, -0.05) is 82.1 Å². The number of sulfonamides is 1. The predicted octanol–water partition coefficient (Wildman–Crippen LogP) is 2.40. The summed E-state index contributed by atoms with van der Waals surface area (Å²) in [6.07, 6.45) is -1.15. The molecule has 6 atom stereocenters. The summed E-state index contributed by atoms with van der Waals surface area (Å²) in [5.41, 5.74) is 6.07. The Bertz CT molecular complexity index is 2260. The smallest absolute Gasteiger partial charge is 0.295 e. The Morgan fingerprint density at radius 3 is 2.30 bits per heavy atom. The number of ether oxygens (including phenoxy) is 1. The molecule has 64 heavy (non-hydrogen) atoms. The summed E-state index contributed by atoms with van der Waals surface area (Å²) in [7, 11) is -5.06. The first-order valence-corrected chi connectivity index (χ1v) is 22.1. The normalized spacial score (nSPS) is 16.9. The minimum atomic E-state index is -5.06. The first-order valence-electron chi connectivity index (χ1n) is 20.3. The maximum atomic E-state index is 14.9. The number of rotatable bonds is 21. The number of hydrogen-bond donors (Lipinski definition) is 4. The van der Waals surface area contributed by atoms with E-state index in [2.05, 4.69) is 20.6 Å². The van der Waals surface area contributed by atoms with Crippen LogP contribution in [0, 0.1) is 11.8 Å². The Kier molecular flexibility index (Phi) is 18.5. The Morgan fingerprint density at radius 1 is 0.984 bits per heavy atom. The van der Waals surface area contributed by atoms with Crippen LogP contribution >= 0.6 is 11.6 Å². The number of alkyl halides is 2. The summed E-state index contributed by atoms with van der Waals surface area (Å²) < 4.78 is 60.6.